The first-order valence-corrected chi connectivity index (χ1v) is 15.8. The molecule has 0 aromatic heterocycles. The molecule has 5 heteroatoms. The fourth-order valence-electron chi connectivity index (χ4n) is 7.80. The number of hydrogen-bond acceptors (Lipinski definition) is 3. The summed E-state index contributed by atoms with van der Waals surface area (Å²) in [5.41, 5.74) is 0.840. The topological polar surface area (TPSA) is 43.9 Å². The lowest BCUT2D eigenvalue weighted by atomic mass is 9.89. The molecule has 3 aromatic rings. The fourth-order valence-corrected chi connectivity index (χ4v) is 7.80. The van der Waals surface area contributed by atoms with Gasteiger partial charge in [0.05, 0.1) is 11.5 Å². The van der Waals surface area contributed by atoms with Gasteiger partial charge in [0.15, 0.2) is 0 Å². The van der Waals surface area contributed by atoms with Crippen LogP contribution in [0.3, 0.4) is 0 Å². The first kappa shape index (κ1) is 27.3. The van der Waals surface area contributed by atoms with Crippen molar-refractivity contribution in [2.75, 3.05) is 26.2 Å². The van der Waals surface area contributed by atoms with Crippen LogP contribution >= 0.6 is 0 Å². The van der Waals surface area contributed by atoms with Gasteiger partial charge in [0.2, 0.25) is 5.91 Å². The largest absolute Gasteiger partial charge is 0.338 e. The lowest BCUT2D eigenvalue weighted by Crippen LogP contribution is -2.54. The van der Waals surface area contributed by atoms with E-state index < -0.39 is 0 Å². The smallest absolute Gasteiger partial charge is 0.255 e. The Kier molecular flexibility index (Phi) is 8.11. The van der Waals surface area contributed by atoms with E-state index in [0.717, 1.165) is 79.0 Å². The molecule has 5 nitrogen and oxygen atoms in total. The van der Waals surface area contributed by atoms with Crippen LogP contribution in [0, 0.1) is 5.92 Å². The summed E-state index contributed by atoms with van der Waals surface area (Å²) in [6.45, 7) is 7.88. The highest BCUT2D eigenvalue weighted by Crippen LogP contribution is 2.32. The van der Waals surface area contributed by atoms with Crippen molar-refractivity contribution in [2.45, 2.75) is 89.8 Å². The van der Waals surface area contributed by atoms with Gasteiger partial charge in [-0.05, 0) is 86.5 Å². The van der Waals surface area contributed by atoms with Gasteiger partial charge in [-0.2, -0.15) is 0 Å². The summed E-state index contributed by atoms with van der Waals surface area (Å²) in [7, 11) is 0. The Hall–Kier alpha value is -2.92. The van der Waals surface area contributed by atoms with Crippen molar-refractivity contribution < 1.29 is 9.59 Å². The second-order valence-electron chi connectivity index (χ2n) is 12.7. The number of likely N-dealkylation sites (tertiary alicyclic amines) is 2. The van der Waals surface area contributed by atoms with Crippen LogP contribution in [0.1, 0.15) is 82.0 Å². The molecule has 0 N–H and O–H groups in total. The molecule has 2 saturated heterocycles. The third-order valence-corrected chi connectivity index (χ3v) is 9.83. The number of carbonyl (C=O) groups is 2. The fraction of sp³-hybridized carbons (Fsp3) is 0.543. The summed E-state index contributed by atoms with van der Waals surface area (Å²) < 4.78 is 0. The van der Waals surface area contributed by atoms with E-state index in [1.807, 2.05) is 24.3 Å². The monoisotopic (exact) mass is 539 g/mol. The van der Waals surface area contributed by atoms with Gasteiger partial charge in [-0.1, -0.05) is 67.8 Å². The second-order valence-corrected chi connectivity index (χ2v) is 12.7. The SMILES string of the molecule is CC(C)N(C(=O)[C@@H]1CCCN(C2CCN(C(=O)c3c4ccccc4cc4ccccc34)CC2)C1)C1CCCCC1. The van der Waals surface area contributed by atoms with E-state index in [1.54, 1.807) is 0 Å². The van der Waals surface area contributed by atoms with Crippen LogP contribution in [-0.2, 0) is 4.79 Å². The Bertz CT molecular complexity index is 1300. The summed E-state index contributed by atoms with van der Waals surface area (Å²) in [6, 6.07) is 19.9. The quantitative estimate of drug-likeness (QED) is 0.332. The Labute approximate surface area is 239 Å². The number of carbonyl (C=O) groups excluding carboxylic acids is 2. The molecule has 6 rings (SSSR count). The van der Waals surface area contributed by atoms with Crippen LogP contribution < -0.4 is 0 Å². The van der Waals surface area contributed by atoms with E-state index in [0.29, 0.717) is 18.0 Å². The molecule has 212 valence electrons. The average molecular weight is 540 g/mol. The molecule has 1 atom stereocenters. The van der Waals surface area contributed by atoms with E-state index in [-0.39, 0.29) is 17.9 Å². The summed E-state index contributed by atoms with van der Waals surface area (Å²) in [5, 5.41) is 4.32. The predicted molar refractivity (Wildman–Crippen MR) is 164 cm³/mol. The zero-order valence-corrected chi connectivity index (χ0v) is 24.4. The number of benzene rings is 3. The first-order chi connectivity index (χ1) is 19.5. The van der Waals surface area contributed by atoms with E-state index in [9.17, 15) is 9.59 Å². The van der Waals surface area contributed by atoms with Crippen molar-refractivity contribution in [2.24, 2.45) is 5.92 Å². The van der Waals surface area contributed by atoms with Gasteiger partial charge >= 0.3 is 0 Å². The molecule has 1 aliphatic carbocycles. The number of rotatable bonds is 5. The van der Waals surface area contributed by atoms with Gasteiger partial charge in [0, 0.05) is 37.8 Å². The van der Waals surface area contributed by atoms with Crippen LogP contribution in [0.25, 0.3) is 21.5 Å². The van der Waals surface area contributed by atoms with Crippen LogP contribution in [0.4, 0.5) is 0 Å². The molecule has 3 aliphatic rings. The van der Waals surface area contributed by atoms with E-state index in [1.165, 1.54) is 32.1 Å². The second kappa shape index (κ2) is 11.9. The zero-order chi connectivity index (χ0) is 27.6. The Balaban J connectivity index is 1.13. The maximum absolute atomic E-state index is 14.0. The normalized spacial score (nSPS) is 21.8. The van der Waals surface area contributed by atoms with Crippen LogP contribution in [0.2, 0.25) is 0 Å². The standard InChI is InChI=1S/C35H45N3O2/c1-25(2)38(30-14-4-3-5-15-30)34(39)28-13-10-20-37(24-28)29-18-21-36(22-19-29)35(40)33-31-16-8-6-11-26(31)23-27-12-7-9-17-32(27)33/h6-9,11-12,16-17,23,25,28-30H,3-5,10,13-15,18-22,24H2,1-2H3/t28-/m1/s1. The number of hydrogen-bond donors (Lipinski definition) is 0. The van der Waals surface area contributed by atoms with Gasteiger partial charge in [0.1, 0.15) is 0 Å². The van der Waals surface area contributed by atoms with Gasteiger partial charge in [0.25, 0.3) is 5.91 Å². The Morgan fingerprint density at radius 2 is 1.40 bits per heavy atom. The number of amides is 2. The van der Waals surface area contributed by atoms with Gasteiger partial charge < -0.3 is 9.80 Å². The molecule has 2 heterocycles. The number of piperidine rings is 2. The molecule has 0 bridgehead atoms. The van der Waals surface area contributed by atoms with Crippen LogP contribution in [0.15, 0.2) is 54.6 Å². The van der Waals surface area contributed by atoms with Crippen molar-refractivity contribution in [1.82, 2.24) is 14.7 Å². The van der Waals surface area contributed by atoms with Crippen LogP contribution in [0.5, 0.6) is 0 Å². The molecule has 0 radical (unpaired) electrons. The molecular formula is C35H45N3O2. The molecule has 0 spiro atoms. The summed E-state index contributed by atoms with van der Waals surface area (Å²) in [4.78, 5) is 34.7. The molecule has 2 amide bonds. The zero-order valence-electron chi connectivity index (χ0n) is 24.4. The van der Waals surface area contributed by atoms with Gasteiger partial charge in [-0.25, -0.2) is 0 Å². The lowest BCUT2D eigenvalue weighted by molar-refractivity contribution is -0.143. The average Bonchev–Trinajstić information content (AvgIpc) is 3.00. The minimum absolute atomic E-state index is 0.111. The predicted octanol–water partition coefficient (Wildman–Crippen LogP) is 6.88. The van der Waals surface area contributed by atoms with E-state index in [2.05, 4.69) is 58.9 Å². The molecule has 1 saturated carbocycles. The third-order valence-electron chi connectivity index (χ3n) is 9.83. The van der Waals surface area contributed by atoms with Gasteiger partial charge in [-0.15, -0.1) is 0 Å². The van der Waals surface area contributed by atoms with Crippen molar-refractivity contribution in [3.63, 3.8) is 0 Å². The minimum Gasteiger partial charge on any atom is -0.338 e. The first-order valence-electron chi connectivity index (χ1n) is 15.8. The van der Waals surface area contributed by atoms with Crippen molar-refractivity contribution in [1.29, 1.82) is 0 Å². The van der Waals surface area contributed by atoms with E-state index in [4.69, 9.17) is 0 Å². The van der Waals surface area contributed by atoms with Crippen molar-refractivity contribution >= 4 is 33.4 Å². The third kappa shape index (κ3) is 5.37. The highest BCUT2D eigenvalue weighted by Gasteiger charge is 2.37. The van der Waals surface area contributed by atoms with Crippen molar-refractivity contribution in [3.05, 3.63) is 60.2 Å². The molecule has 2 aliphatic heterocycles. The molecule has 3 fully saturated rings. The number of nitrogens with zero attached hydrogens (tertiary/aromatic N) is 3. The highest BCUT2D eigenvalue weighted by molar-refractivity contribution is 6.18. The maximum Gasteiger partial charge on any atom is 0.255 e. The summed E-state index contributed by atoms with van der Waals surface area (Å²) in [5.74, 6) is 0.653. The summed E-state index contributed by atoms with van der Waals surface area (Å²) in [6.07, 6.45) is 10.2. The van der Waals surface area contributed by atoms with Crippen LogP contribution in [-0.4, -0.2) is 70.8 Å². The minimum atomic E-state index is 0.111. The molecule has 0 unspecified atom stereocenters. The maximum atomic E-state index is 14.0. The summed E-state index contributed by atoms with van der Waals surface area (Å²) >= 11 is 0. The number of fused-ring (bicyclic) bond motifs is 2. The van der Waals surface area contributed by atoms with E-state index >= 15 is 0 Å². The van der Waals surface area contributed by atoms with Crippen molar-refractivity contribution in [3.8, 4) is 0 Å². The Morgan fingerprint density at radius 3 is 2.02 bits per heavy atom. The van der Waals surface area contributed by atoms with Gasteiger partial charge in [-0.3, -0.25) is 14.5 Å². The Morgan fingerprint density at radius 1 is 0.775 bits per heavy atom. The lowest BCUT2D eigenvalue weighted by Gasteiger charge is -2.44. The molecule has 40 heavy (non-hydrogen) atoms. The molecular weight excluding hydrogens is 494 g/mol. The molecule has 3 aromatic carbocycles. The highest BCUT2D eigenvalue weighted by atomic mass is 16.2.